The largest absolute Gasteiger partial charge is 0.445 e. The topological polar surface area (TPSA) is 46.6 Å². The maximum absolute atomic E-state index is 14.2. The maximum Gasteiger partial charge on any atom is 0.410 e. The zero-order chi connectivity index (χ0) is 21.4. The molecule has 2 heterocycles. The molecule has 3 aromatic carbocycles. The molecule has 2 atom stereocenters. The lowest BCUT2D eigenvalue weighted by Gasteiger charge is -2.37. The van der Waals surface area contributed by atoms with Crippen LogP contribution in [0.25, 0.3) is 10.8 Å². The minimum atomic E-state index is -0.316. The molecule has 1 amide bonds. The van der Waals surface area contributed by atoms with Crippen LogP contribution in [0.15, 0.2) is 66.7 Å². The highest BCUT2D eigenvalue weighted by Gasteiger charge is 2.46. The number of ketones is 1. The molecule has 158 valence electrons. The monoisotopic (exact) mass is 417 g/mol. The number of rotatable bonds is 4. The summed E-state index contributed by atoms with van der Waals surface area (Å²) in [5, 5.41) is 1.13. The molecule has 2 saturated heterocycles. The Balaban J connectivity index is 1.30. The van der Waals surface area contributed by atoms with Crippen molar-refractivity contribution in [2.75, 3.05) is 0 Å². The molecule has 4 nitrogen and oxygen atoms in total. The third-order valence-corrected chi connectivity index (χ3v) is 6.66. The van der Waals surface area contributed by atoms with E-state index in [1.54, 1.807) is 24.3 Å². The van der Waals surface area contributed by atoms with Gasteiger partial charge in [0.15, 0.2) is 5.78 Å². The van der Waals surface area contributed by atoms with Gasteiger partial charge < -0.3 is 9.64 Å². The highest BCUT2D eigenvalue weighted by Crippen LogP contribution is 2.41. The lowest BCUT2D eigenvalue weighted by atomic mass is 9.83. The van der Waals surface area contributed by atoms with Crippen LogP contribution in [0.3, 0.4) is 0 Å². The fourth-order valence-corrected chi connectivity index (χ4v) is 5.18. The maximum atomic E-state index is 14.2. The van der Waals surface area contributed by atoms with E-state index in [1.165, 1.54) is 6.07 Å². The highest BCUT2D eigenvalue weighted by molar-refractivity contribution is 6.09. The molecule has 3 aromatic rings. The van der Waals surface area contributed by atoms with Gasteiger partial charge in [0.05, 0.1) is 0 Å². The Labute approximate surface area is 180 Å². The Hall–Kier alpha value is -3.21. The zero-order valence-corrected chi connectivity index (χ0v) is 17.2. The molecule has 0 saturated carbocycles. The number of hydrogen-bond acceptors (Lipinski definition) is 3. The van der Waals surface area contributed by atoms with Gasteiger partial charge in [-0.15, -0.1) is 0 Å². The van der Waals surface area contributed by atoms with Crippen molar-refractivity contribution in [1.82, 2.24) is 4.90 Å². The van der Waals surface area contributed by atoms with Crippen molar-refractivity contribution in [3.8, 4) is 0 Å². The molecule has 0 spiro atoms. The first kappa shape index (κ1) is 19.7. The molecule has 5 heteroatoms. The van der Waals surface area contributed by atoms with Gasteiger partial charge in [0.2, 0.25) is 0 Å². The SMILES string of the molecule is O=C(c1ccc(F)c2ccccc12)C1CC2CCC(C1)N2C(=O)OCc1ccccc1. The number of carbonyl (C=O) groups excluding carboxylic acids is 2. The summed E-state index contributed by atoms with van der Waals surface area (Å²) >= 11 is 0. The van der Waals surface area contributed by atoms with E-state index in [0.29, 0.717) is 29.2 Å². The Kier molecular flexibility index (Phi) is 5.18. The van der Waals surface area contributed by atoms with Gasteiger partial charge in [-0.1, -0.05) is 54.6 Å². The second-order valence-electron chi connectivity index (χ2n) is 8.51. The van der Waals surface area contributed by atoms with Gasteiger partial charge in [-0.2, -0.15) is 0 Å². The van der Waals surface area contributed by atoms with E-state index in [0.717, 1.165) is 18.4 Å². The summed E-state index contributed by atoms with van der Waals surface area (Å²) in [6.07, 6.45) is 2.73. The third kappa shape index (κ3) is 3.69. The first-order valence-corrected chi connectivity index (χ1v) is 10.8. The standard InChI is InChI=1S/C26H24FNO3/c27-24-13-12-23(21-8-4-5-9-22(21)24)25(29)18-14-19-10-11-20(15-18)28(19)26(30)31-16-17-6-2-1-3-7-17/h1-9,12-13,18-20H,10-11,14-16H2. The predicted molar refractivity (Wildman–Crippen MR) is 116 cm³/mol. The summed E-state index contributed by atoms with van der Waals surface area (Å²) < 4.78 is 19.7. The molecule has 2 unspecified atom stereocenters. The molecule has 5 rings (SSSR count). The summed E-state index contributed by atoms with van der Waals surface area (Å²) in [7, 11) is 0. The van der Waals surface area contributed by atoms with Gasteiger partial charge in [-0.05, 0) is 48.8 Å². The van der Waals surface area contributed by atoms with Crippen LogP contribution in [-0.2, 0) is 11.3 Å². The van der Waals surface area contributed by atoms with Crippen LogP contribution in [-0.4, -0.2) is 28.9 Å². The smallest absolute Gasteiger partial charge is 0.410 e. The normalized spacial score (nSPS) is 22.5. The van der Waals surface area contributed by atoms with Gasteiger partial charge >= 0.3 is 6.09 Å². The summed E-state index contributed by atoms with van der Waals surface area (Å²) in [4.78, 5) is 28.0. The van der Waals surface area contributed by atoms with E-state index in [1.807, 2.05) is 41.3 Å². The van der Waals surface area contributed by atoms with Gasteiger partial charge in [-0.3, -0.25) is 4.79 Å². The van der Waals surface area contributed by atoms with Gasteiger partial charge in [0.25, 0.3) is 0 Å². The molecule has 2 aliphatic rings. The molecule has 0 aliphatic carbocycles. The number of halogens is 1. The van der Waals surface area contributed by atoms with Gasteiger partial charge in [-0.25, -0.2) is 9.18 Å². The number of fused-ring (bicyclic) bond motifs is 3. The van der Waals surface area contributed by atoms with Crippen LogP contribution in [0.5, 0.6) is 0 Å². The highest BCUT2D eigenvalue weighted by atomic mass is 19.1. The number of Topliss-reactive ketones (excluding diaryl/α,β-unsaturated/α-hetero) is 1. The Morgan fingerprint density at radius 3 is 2.23 bits per heavy atom. The average molecular weight is 417 g/mol. The van der Waals surface area contributed by atoms with E-state index in [4.69, 9.17) is 4.74 Å². The van der Waals surface area contributed by atoms with Crippen LogP contribution in [0, 0.1) is 11.7 Å². The van der Waals surface area contributed by atoms with Gasteiger partial charge in [0.1, 0.15) is 12.4 Å². The van der Waals surface area contributed by atoms with Crippen LogP contribution < -0.4 is 0 Å². The van der Waals surface area contributed by atoms with Crippen LogP contribution in [0.4, 0.5) is 9.18 Å². The fraction of sp³-hybridized carbons (Fsp3) is 0.308. The summed E-state index contributed by atoms with van der Waals surface area (Å²) in [5.74, 6) is -0.432. The molecule has 0 radical (unpaired) electrons. The molecular weight excluding hydrogens is 393 g/mol. The second-order valence-corrected chi connectivity index (χ2v) is 8.51. The minimum absolute atomic E-state index is 0.0164. The third-order valence-electron chi connectivity index (χ3n) is 6.66. The molecule has 2 fully saturated rings. The lowest BCUT2D eigenvalue weighted by molar-refractivity contribution is 0.0485. The molecule has 31 heavy (non-hydrogen) atoms. The van der Waals surface area contributed by atoms with Crippen molar-refractivity contribution >= 4 is 22.6 Å². The molecule has 0 aromatic heterocycles. The van der Waals surface area contributed by atoms with E-state index >= 15 is 0 Å². The van der Waals surface area contributed by atoms with Crippen molar-refractivity contribution in [2.24, 2.45) is 5.92 Å². The second kappa shape index (κ2) is 8.14. The average Bonchev–Trinajstić information content (AvgIpc) is 3.07. The number of hydrogen-bond donors (Lipinski definition) is 0. The van der Waals surface area contributed by atoms with Crippen molar-refractivity contribution in [1.29, 1.82) is 0 Å². The number of benzene rings is 3. The van der Waals surface area contributed by atoms with Crippen LogP contribution in [0.1, 0.15) is 41.6 Å². The predicted octanol–water partition coefficient (Wildman–Crippen LogP) is 5.74. The molecular formula is C26H24FNO3. The first-order chi connectivity index (χ1) is 15.1. The Bertz CT molecular complexity index is 1120. The van der Waals surface area contributed by atoms with Crippen molar-refractivity contribution in [3.63, 3.8) is 0 Å². The number of ether oxygens (including phenoxy) is 1. The number of carbonyl (C=O) groups is 2. The Morgan fingerprint density at radius 1 is 0.871 bits per heavy atom. The number of nitrogens with zero attached hydrogens (tertiary/aromatic N) is 1. The summed E-state index contributed by atoms with van der Waals surface area (Å²) in [6, 6.07) is 19.7. The molecule has 0 N–H and O–H groups in total. The molecule has 2 bridgehead atoms. The van der Waals surface area contributed by atoms with E-state index < -0.39 is 0 Å². The van der Waals surface area contributed by atoms with E-state index in [-0.39, 0.29) is 42.3 Å². The van der Waals surface area contributed by atoms with E-state index in [2.05, 4.69) is 0 Å². The van der Waals surface area contributed by atoms with E-state index in [9.17, 15) is 14.0 Å². The fourth-order valence-electron chi connectivity index (χ4n) is 5.18. The summed E-state index contributed by atoms with van der Waals surface area (Å²) in [6.45, 7) is 0.250. The zero-order valence-electron chi connectivity index (χ0n) is 17.2. The molecule has 2 aliphatic heterocycles. The van der Waals surface area contributed by atoms with Crippen LogP contribution in [0.2, 0.25) is 0 Å². The Morgan fingerprint density at radius 2 is 1.52 bits per heavy atom. The minimum Gasteiger partial charge on any atom is -0.445 e. The van der Waals surface area contributed by atoms with Crippen molar-refractivity contribution < 1.29 is 18.7 Å². The van der Waals surface area contributed by atoms with Crippen molar-refractivity contribution in [3.05, 3.63) is 83.7 Å². The van der Waals surface area contributed by atoms with Gasteiger partial charge in [0, 0.05) is 29.0 Å². The summed E-state index contributed by atoms with van der Waals surface area (Å²) in [5.41, 5.74) is 1.53. The lowest BCUT2D eigenvalue weighted by Crippen LogP contribution is -2.48. The number of amides is 1. The quantitative estimate of drug-likeness (QED) is 0.509. The first-order valence-electron chi connectivity index (χ1n) is 10.8. The van der Waals surface area contributed by atoms with Crippen LogP contribution >= 0.6 is 0 Å². The number of piperidine rings is 1. The van der Waals surface area contributed by atoms with Crippen molar-refractivity contribution in [2.45, 2.75) is 44.4 Å².